The van der Waals surface area contributed by atoms with Gasteiger partial charge in [-0.3, -0.25) is 0 Å². The number of methoxy groups -OCH3 is 1. The van der Waals surface area contributed by atoms with E-state index in [1.807, 2.05) is 18.2 Å². The highest BCUT2D eigenvalue weighted by molar-refractivity contribution is 9.10. The van der Waals surface area contributed by atoms with E-state index < -0.39 is 0 Å². The van der Waals surface area contributed by atoms with Crippen LogP contribution >= 0.6 is 15.9 Å². The summed E-state index contributed by atoms with van der Waals surface area (Å²) in [5.41, 5.74) is 1.15. The van der Waals surface area contributed by atoms with Gasteiger partial charge in [-0.05, 0) is 42.5 Å². The van der Waals surface area contributed by atoms with Crippen LogP contribution in [-0.4, -0.2) is 24.9 Å². The van der Waals surface area contributed by atoms with Crippen molar-refractivity contribution in [2.45, 2.75) is 25.5 Å². The van der Waals surface area contributed by atoms with Gasteiger partial charge in [-0.1, -0.05) is 15.9 Å². The molecule has 1 aromatic carbocycles. The lowest BCUT2D eigenvalue weighted by Crippen LogP contribution is -2.27. The number of ether oxygens (including phenoxy) is 1. The Morgan fingerprint density at radius 1 is 1.53 bits per heavy atom. The van der Waals surface area contributed by atoms with Gasteiger partial charge in [0.25, 0.3) is 0 Å². The topological polar surface area (TPSA) is 41.5 Å². The minimum Gasteiger partial charge on any atom is -0.497 e. The fraction of sp³-hybridized carbons (Fsp3) is 0.538. The molecule has 1 atom stereocenters. The molecule has 1 fully saturated rings. The average Bonchev–Trinajstić information content (AvgIpc) is 3.15. The van der Waals surface area contributed by atoms with Gasteiger partial charge in [-0.15, -0.1) is 0 Å². The second kappa shape index (κ2) is 5.85. The van der Waals surface area contributed by atoms with Crippen molar-refractivity contribution < 1.29 is 9.84 Å². The summed E-state index contributed by atoms with van der Waals surface area (Å²) in [6, 6.07) is 5.90. The lowest BCUT2D eigenvalue weighted by atomic mass is 10.2. The van der Waals surface area contributed by atoms with Gasteiger partial charge < -0.3 is 15.2 Å². The zero-order valence-corrected chi connectivity index (χ0v) is 11.5. The molecule has 1 saturated carbocycles. The Morgan fingerprint density at radius 3 is 2.94 bits per heavy atom. The SMILES string of the molecule is COc1ccc(Br)c(CNCC(O)C2CC2)c1. The van der Waals surface area contributed by atoms with E-state index in [0.29, 0.717) is 12.5 Å². The molecule has 2 N–H and O–H groups in total. The molecule has 0 aliphatic heterocycles. The minimum absolute atomic E-state index is 0.195. The summed E-state index contributed by atoms with van der Waals surface area (Å²) in [5.74, 6) is 1.38. The lowest BCUT2D eigenvalue weighted by molar-refractivity contribution is 0.148. The number of aliphatic hydroxyl groups excluding tert-OH is 1. The van der Waals surface area contributed by atoms with Crippen LogP contribution in [-0.2, 0) is 6.54 Å². The molecule has 1 aliphatic rings. The Kier molecular flexibility index (Phi) is 4.42. The standard InChI is InChI=1S/C13H18BrNO2/c1-17-11-4-5-12(14)10(6-11)7-15-8-13(16)9-2-3-9/h4-6,9,13,15-16H,2-3,7-8H2,1H3. The van der Waals surface area contributed by atoms with Crippen LogP contribution in [0.2, 0.25) is 0 Å². The van der Waals surface area contributed by atoms with Crippen molar-refractivity contribution in [2.75, 3.05) is 13.7 Å². The van der Waals surface area contributed by atoms with Crippen LogP contribution in [0, 0.1) is 5.92 Å². The summed E-state index contributed by atoms with van der Waals surface area (Å²) in [4.78, 5) is 0. The Labute approximate surface area is 110 Å². The molecule has 17 heavy (non-hydrogen) atoms. The third kappa shape index (κ3) is 3.69. The first-order valence-corrected chi connectivity index (χ1v) is 6.71. The van der Waals surface area contributed by atoms with E-state index in [4.69, 9.17) is 4.74 Å². The Morgan fingerprint density at radius 2 is 2.29 bits per heavy atom. The maximum atomic E-state index is 9.74. The largest absolute Gasteiger partial charge is 0.497 e. The molecule has 2 rings (SSSR count). The summed E-state index contributed by atoms with van der Waals surface area (Å²) in [6.45, 7) is 1.40. The fourth-order valence-corrected chi connectivity index (χ4v) is 2.20. The molecule has 0 radical (unpaired) electrons. The van der Waals surface area contributed by atoms with Gasteiger partial charge in [-0.25, -0.2) is 0 Å². The smallest absolute Gasteiger partial charge is 0.119 e. The molecule has 3 nitrogen and oxygen atoms in total. The van der Waals surface area contributed by atoms with Crippen molar-refractivity contribution in [1.82, 2.24) is 5.32 Å². The summed E-state index contributed by atoms with van der Waals surface area (Å²) >= 11 is 3.51. The number of hydrogen-bond donors (Lipinski definition) is 2. The number of benzene rings is 1. The van der Waals surface area contributed by atoms with Crippen molar-refractivity contribution in [1.29, 1.82) is 0 Å². The van der Waals surface area contributed by atoms with E-state index in [-0.39, 0.29) is 6.10 Å². The Balaban J connectivity index is 1.84. The first kappa shape index (κ1) is 12.9. The molecule has 94 valence electrons. The van der Waals surface area contributed by atoms with Crippen LogP contribution in [0.25, 0.3) is 0 Å². The van der Waals surface area contributed by atoms with Gasteiger partial charge in [0.2, 0.25) is 0 Å². The van der Waals surface area contributed by atoms with Gasteiger partial charge in [0.1, 0.15) is 5.75 Å². The zero-order chi connectivity index (χ0) is 12.3. The second-order valence-corrected chi connectivity index (χ2v) is 5.35. The van der Waals surface area contributed by atoms with Gasteiger partial charge >= 0.3 is 0 Å². The number of nitrogens with one attached hydrogen (secondary N) is 1. The van der Waals surface area contributed by atoms with E-state index in [1.54, 1.807) is 7.11 Å². The molecule has 0 spiro atoms. The quantitative estimate of drug-likeness (QED) is 0.847. The van der Waals surface area contributed by atoms with Crippen molar-refractivity contribution in [3.8, 4) is 5.75 Å². The number of halogens is 1. The maximum absolute atomic E-state index is 9.74. The number of hydrogen-bond acceptors (Lipinski definition) is 3. The zero-order valence-electron chi connectivity index (χ0n) is 9.95. The molecule has 1 aliphatic carbocycles. The fourth-order valence-electron chi connectivity index (χ4n) is 1.82. The summed E-state index contributed by atoms with van der Waals surface area (Å²) < 4.78 is 6.25. The van der Waals surface area contributed by atoms with Crippen molar-refractivity contribution in [2.24, 2.45) is 5.92 Å². The van der Waals surface area contributed by atoms with Gasteiger partial charge in [0.05, 0.1) is 13.2 Å². The molecule has 1 aromatic rings. The van der Waals surface area contributed by atoms with Gasteiger partial charge in [-0.2, -0.15) is 0 Å². The lowest BCUT2D eigenvalue weighted by Gasteiger charge is -2.12. The van der Waals surface area contributed by atoms with E-state index >= 15 is 0 Å². The third-order valence-corrected chi connectivity index (χ3v) is 3.86. The van der Waals surface area contributed by atoms with Crippen LogP contribution in [0.3, 0.4) is 0 Å². The van der Waals surface area contributed by atoms with Crippen molar-refractivity contribution in [3.05, 3.63) is 28.2 Å². The first-order chi connectivity index (χ1) is 8.20. The Bertz CT molecular complexity index is 380. The average molecular weight is 300 g/mol. The molecular weight excluding hydrogens is 282 g/mol. The summed E-state index contributed by atoms with van der Waals surface area (Å²) in [6.07, 6.45) is 2.15. The Hall–Kier alpha value is -0.580. The third-order valence-electron chi connectivity index (χ3n) is 3.09. The molecule has 0 bridgehead atoms. The number of aliphatic hydroxyl groups is 1. The van der Waals surface area contributed by atoms with Gasteiger partial charge in [0, 0.05) is 17.6 Å². The van der Waals surface area contributed by atoms with E-state index in [0.717, 1.165) is 22.3 Å². The highest BCUT2D eigenvalue weighted by Gasteiger charge is 2.29. The molecule has 4 heteroatoms. The molecule has 0 amide bonds. The molecular formula is C13H18BrNO2. The van der Waals surface area contributed by atoms with Crippen LogP contribution in [0.4, 0.5) is 0 Å². The highest BCUT2D eigenvalue weighted by atomic mass is 79.9. The summed E-state index contributed by atoms with van der Waals surface area (Å²) in [5, 5.41) is 13.0. The van der Waals surface area contributed by atoms with E-state index in [1.165, 1.54) is 12.8 Å². The predicted octanol–water partition coefficient (Wildman–Crippen LogP) is 2.32. The monoisotopic (exact) mass is 299 g/mol. The second-order valence-electron chi connectivity index (χ2n) is 4.49. The van der Waals surface area contributed by atoms with E-state index in [2.05, 4.69) is 21.2 Å². The highest BCUT2D eigenvalue weighted by Crippen LogP contribution is 2.32. The molecule has 0 heterocycles. The number of rotatable bonds is 6. The van der Waals surface area contributed by atoms with E-state index in [9.17, 15) is 5.11 Å². The molecule has 0 saturated heterocycles. The molecule has 0 aromatic heterocycles. The predicted molar refractivity (Wildman–Crippen MR) is 71.1 cm³/mol. The van der Waals surface area contributed by atoms with Crippen LogP contribution in [0.1, 0.15) is 18.4 Å². The minimum atomic E-state index is -0.195. The maximum Gasteiger partial charge on any atom is 0.119 e. The van der Waals surface area contributed by atoms with Crippen LogP contribution < -0.4 is 10.1 Å². The summed E-state index contributed by atoms with van der Waals surface area (Å²) in [7, 11) is 1.66. The van der Waals surface area contributed by atoms with Crippen LogP contribution in [0.5, 0.6) is 5.75 Å². The van der Waals surface area contributed by atoms with Crippen molar-refractivity contribution in [3.63, 3.8) is 0 Å². The normalized spacial score (nSPS) is 16.9. The van der Waals surface area contributed by atoms with Gasteiger partial charge in [0.15, 0.2) is 0 Å². The van der Waals surface area contributed by atoms with Crippen molar-refractivity contribution >= 4 is 15.9 Å². The van der Waals surface area contributed by atoms with Crippen LogP contribution in [0.15, 0.2) is 22.7 Å². The molecule has 1 unspecified atom stereocenters. The first-order valence-electron chi connectivity index (χ1n) is 5.92.